The molecule has 1 aliphatic rings. The molecule has 0 aliphatic carbocycles. The Morgan fingerprint density at radius 2 is 1.51 bits per heavy atom. The van der Waals surface area contributed by atoms with E-state index in [9.17, 15) is 27.9 Å². The summed E-state index contributed by atoms with van der Waals surface area (Å²) in [5.41, 5.74) is 2.08. The van der Waals surface area contributed by atoms with Gasteiger partial charge in [-0.1, -0.05) is 106 Å². The standard InChI is InChI=1S/C36H45N5O7S/c1-25(2)21-39(49(47,48)30-17-15-28(16-18-30)20-37-46)23-32(42)31(19-27-11-7-5-8-12-27)38-35(44)34(26(3)4)41-24-33(43)40(36(41)45)22-29-13-9-6-10-14-29/h5-18,20,25-26,31-32,34,42,46H,19,21-24H2,1-4H3,(H,38,44)/t31-,32-,34-/m0/s1. The van der Waals surface area contributed by atoms with E-state index in [1.807, 2.05) is 74.5 Å². The summed E-state index contributed by atoms with van der Waals surface area (Å²) in [5.74, 6) is -1.45. The fourth-order valence-electron chi connectivity index (χ4n) is 5.88. The van der Waals surface area contributed by atoms with Crippen molar-refractivity contribution in [1.82, 2.24) is 19.4 Å². The summed E-state index contributed by atoms with van der Waals surface area (Å²) in [7, 11) is -4.09. The summed E-state index contributed by atoms with van der Waals surface area (Å²) in [4.78, 5) is 43.0. The number of rotatable bonds is 16. The van der Waals surface area contributed by atoms with Crippen LogP contribution in [0.5, 0.6) is 0 Å². The number of nitrogens with one attached hydrogen (secondary N) is 1. The first-order chi connectivity index (χ1) is 23.3. The molecule has 3 atom stereocenters. The molecular weight excluding hydrogens is 646 g/mol. The molecular formula is C36H45N5O7S. The molecule has 12 nitrogen and oxygen atoms in total. The van der Waals surface area contributed by atoms with Crippen LogP contribution in [0.25, 0.3) is 0 Å². The number of benzene rings is 3. The molecule has 0 saturated carbocycles. The normalized spacial score (nSPS) is 15.8. The largest absolute Gasteiger partial charge is 0.411 e. The smallest absolute Gasteiger partial charge is 0.328 e. The van der Waals surface area contributed by atoms with Crippen LogP contribution in [0.2, 0.25) is 0 Å². The summed E-state index contributed by atoms with van der Waals surface area (Å²) in [5, 5.41) is 26.4. The first-order valence-corrected chi connectivity index (χ1v) is 17.7. The van der Waals surface area contributed by atoms with Crippen molar-refractivity contribution in [2.45, 2.75) is 63.7 Å². The Labute approximate surface area is 288 Å². The van der Waals surface area contributed by atoms with Crippen LogP contribution in [0.1, 0.15) is 44.4 Å². The highest BCUT2D eigenvalue weighted by Crippen LogP contribution is 2.23. The highest BCUT2D eigenvalue weighted by Gasteiger charge is 2.44. The number of hydrogen-bond acceptors (Lipinski definition) is 8. The van der Waals surface area contributed by atoms with Crippen LogP contribution in [0.3, 0.4) is 0 Å². The molecule has 0 unspecified atom stereocenters. The second-order valence-electron chi connectivity index (χ2n) is 13.0. The number of carbonyl (C=O) groups is 3. The number of carbonyl (C=O) groups excluding carboxylic acids is 3. The number of hydrogen-bond donors (Lipinski definition) is 3. The predicted octanol–water partition coefficient (Wildman–Crippen LogP) is 3.72. The zero-order valence-corrected chi connectivity index (χ0v) is 29.0. The Morgan fingerprint density at radius 1 is 0.918 bits per heavy atom. The van der Waals surface area contributed by atoms with Crippen molar-refractivity contribution in [3.05, 3.63) is 102 Å². The lowest BCUT2D eigenvalue weighted by molar-refractivity contribution is -0.129. The molecule has 1 heterocycles. The van der Waals surface area contributed by atoms with Crippen LogP contribution in [-0.2, 0) is 32.6 Å². The Morgan fingerprint density at radius 3 is 2.06 bits per heavy atom. The van der Waals surface area contributed by atoms with Crippen molar-refractivity contribution in [2.75, 3.05) is 19.6 Å². The highest BCUT2D eigenvalue weighted by atomic mass is 32.2. The van der Waals surface area contributed by atoms with Crippen molar-refractivity contribution in [1.29, 1.82) is 0 Å². The Hall–Kier alpha value is -4.59. The fourth-order valence-corrected chi connectivity index (χ4v) is 7.50. The topological polar surface area (TPSA) is 160 Å². The van der Waals surface area contributed by atoms with Gasteiger partial charge in [0.05, 0.1) is 29.8 Å². The minimum atomic E-state index is -4.09. The number of nitrogens with zero attached hydrogens (tertiary/aromatic N) is 4. The molecule has 3 N–H and O–H groups in total. The average Bonchev–Trinajstić information content (AvgIpc) is 3.33. The number of aliphatic hydroxyl groups is 1. The van der Waals surface area contributed by atoms with Crippen molar-refractivity contribution in [3.63, 3.8) is 0 Å². The molecule has 1 saturated heterocycles. The predicted molar refractivity (Wildman–Crippen MR) is 185 cm³/mol. The lowest BCUT2D eigenvalue weighted by atomic mass is 9.97. The molecule has 4 amide bonds. The number of imide groups is 1. The van der Waals surface area contributed by atoms with E-state index in [1.54, 1.807) is 13.8 Å². The molecule has 49 heavy (non-hydrogen) atoms. The molecule has 1 aliphatic heterocycles. The first-order valence-electron chi connectivity index (χ1n) is 16.3. The van der Waals surface area contributed by atoms with Gasteiger partial charge < -0.3 is 20.5 Å². The van der Waals surface area contributed by atoms with E-state index in [1.165, 1.54) is 39.7 Å². The molecule has 262 valence electrons. The van der Waals surface area contributed by atoms with Crippen LogP contribution < -0.4 is 5.32 Å². The summed E-state index contributed by atoms with van der Waals surface area (Å²) in [6.45, 7) is 6.87. The summed E-state index contributed by atoms with van der Waals surface area (Å²) < 4.78 is 28.9. The van der Waals surface area contributed by atoms with Gasteiger partial charge in [0.2, 0.25) is 15.9 Å². The van der Waals surface area contributed by atoms with Gasteiger partial charge in [0.25, 0.3) is 5.91 Å². The van der Waals surface area contributed by atoms with Crippen molar-refractivity contribution >= 4 is 34.1 Å². The van der Waals surface area contributed by atoms with Gasteiger partial charge in [-0.25, -0.2) is 13.2 Å². The van der Waals surface area contributed by atoms with Crippen molar-refractivity contribution < 1.29 is 33.1 Å². The van der Waals surface area contributed by atoms with Gasteiger partial charge in [-0.3, -0.25) is 14.5 Å². The molecule has 4 rings (SSSR count). The maximum Gasteiger partial charge on any atom is 0.328 e. The lowest BCUT2D eigenvalue weighted by Gasteiger charge is -2.34. The maximum atomic E-state index is 14.1. The quantitative estimate of drug-likeness (QED) is 0.0894. The van der Waals surface area contributed by atoms with Gasteiger partial charge in [0.15, 0.2) is 0 Å². The fraction of sp³-hybridized carbons (Fsp3) is 0.389. The molecule has 1 fully saturated rings. The second kappa shape index (κ2) is 16.7. The van der Waals surface area contributed by atoms with Crippen molar-refractivity contribution in [2.24, 2.45) is 17.0 Å². The van der Waals surface area contributed by atoms with Gasteiger partial charge in [0, 0.05) is 13.1 Å². The van der Waals surface area contributed by atoms with E-state index in [0.29, 0.717) is 5.56 Å². The third kappa shape index (κ3) is 9.52. The number of oxime groups is 1. The minimum Gasteiger partial charge on any atom is -0.411 e. The zero-order valence-electron chi connectivity index (χ0n) is 28.2. The lowest BCUT2D eigenvalue weighted by Crippen LogP contribution is -2.57. The summed E-state index contributed by atoms with van der Waals surface area (Å²) in [6.07, 6.45) is 0.00702. The zero-order chi connectivity index (χ0) is 35.7. The Balaban J connectivity index is 1.59. The van der Waals surface area contributed by atoms with Crippen LogP contribution in [-0.4, -0.2) is 94.7 Å². The van der Waals surface area contributed by atoms with Gasteiger partial charge in [-0.15, -0.1) is 0 Å². The average molecular weight is 692 g/mol. The Kier molecular flexibility index (Phi) is 12.7. The van der Waals surface area contributed by atoms with E-state index in [0.717, 1.165) is 16.0 Å². The van der Waals surface area contributed by atoms with Gasteiger partial charge in [-0.2, -0.15) is 4.31 Å². The monoisotopic (exact) mass is 691 g/mol. The van der Waals surface area contributed by atoms with Gasteiger partial charge >= 0.3 is 6.03 Å². The molecule has 0 spiro atoms. The van der Waals surface area contributed by atoms with Crippen LogP contribution in [0.4, 0.5) is 4.79 Å². The van der Waals surface area contributed by atoms with E-state index >= 15 is 0 Å². The maximum absolute atomic E-state index is 14.1. The second-order valence-corrected chi connectivity index (χ2v) is 14.9. The number of aliphatic hydroxyl groups excluding tert-OH is 1. The van der Waals surface area contributed by atoms with E-state index in [-0.39, 0.29) is 49.3 Å². The third-order valence-corrected chi connectivity index (χ3v) is 10.1. The van der Waals surface area contributed by atoms with Gasteiger partial charge in [-0.05, 0) is 47.1 Å². The SMILES string of the molecule is CC(C)CN(C[C@H](O)[C@H](Cc1ccccc1)NC(=O)[C@H](C(C)C)N1CC(=O)N(Cc2ccccc2)C1=O)S(=O)(=O)c1ccc(C=NO)cc1. The molecule has 3 aromatic carbocycles. The van der Waals surface area contributed by atoms with Gasteiger partial charge in [0.1, 0.15) is 12.6 Å². The molecule has 0 aromatic heterocycles. The number of amides is 4. The van der Waals surface area contributed by atoms with Crippen LogP contribution in [0.15, 0.2) is 95.0 Å². The van der Waals surface area contributed by atoms with E-state index in [4.69, 9.17) is 5.21 Å². The number of urea groups is 1. The third-order valence-electron chi connectivity index (χ3n) is 8.28. The summed E-state index contributed by atoms with van der Waals surface area (Å²) >= 11 is 0. The van der Waals surface area contributed by atoms with Crippen LogP contribution in [0, 0.1) is 11.8 Å². The summed E-state index contributed by atoms with van der Waals surface area (Å²) in [6, 6.07) is 21.6. The van der Waals surface area contributed by atoms with E-state index in [2.05, 4.69) is 10.5 Å². The van der Waals surface area contributed by atoms with Crippen LogP contribution >= 0.6 is 0 Å². The molecule has 0 bridgehead atoms. The molecule has 0 radical (unpaired) electrons. The van der Waals surface area contributed by atoms with Crippen molar-refractivity contribution in [3.8, 4) is 0 Å². The van der Waals surface area contributed by atoms with E-state index < -0.39 is 46.1 Å². The molecule has 3 aromatic rings. The first kappa shape index (κ1) is 37.2. The number of sulfonamides is 1. The Bertz CT molecular complexity index is 1700. The molecule has 13 heteroatoms. The minimum absolute atomic E-state index is 0.00349. The highest BCUT2D eigenvalue weighted by molar-refractivity contribution is 7.89.